The van der Waals surface area contributed by atoms with Crippen LogP contribution in [-0.2, 0) is 14.1 Å². The largest absolute Gasteiger partial charge is 0.507 e. The first-order chi connectivity index (χ1) is 16.0. The van der Waals surface area contributed by atoms with Gasteiger partial charge in [0.2, 0.25) is 0 Å². The van der Waals surface area contributed by atoms with Crippen molar-refractivity contribution in [3.05, 3.63) is 35.5 Å². The molecule has 0 saturated heterocycles. The number of nitrogens with zero attached hydrogens (tertiary/aromatic N) is 5. The first-order valence-corrected chi connectivity index (χ1v) is 11.3. The van der Waals surface area contributed by atoms with Crippen molar-refractivity contribution in [2.75, 3.05) is 5.75 Å². The van der Waals surface area contributed by atoms with Gasteiger partial charge < -0.3 is 18.6 Å². The normalized spacial score (nSPS) is 16.2. The van der Waals surface area contributed by atoms with Gasteiger partial charge in [0.1, 0.15) is 16.4 Å². The molecule has 5 rings (SSSR count). The third-order valence-electron chi connectivity index (χ3n) is 5.25. The Kier molecular flexibility index (Phi) is 5.21. The summed E-state index contributed by atoms with van der Waals surface area (Å²) < 4.78 is 66.6. The monoisotopic (exact) mass is 513 g/mol. The van der Waals surface area contributed by atoms with E-state index in [0.717, 1.165) is 16.8 Å². The van der Waals surface area contributed by atoms with Gasteiger partial charge in [-0.1, -0.05) is 18.5 Å². The summed E-state index contributed by atoms with van der Waals surface area (Å²) in [6.45, 7) is 1.99. The Morgan fingerprint density at radius 3 is 2.26 bits per heavy atom. The molecule has 4 heterocycles. The first-order valence-electron chi connectivity index (χ1n) is 9.98. The van der Waals surface area contributed by atoms with E-state index < -0.39 is 23.7 Å². The number of rotatable bonds is 4. The van der Waals surface area contributed by atoms with Crippen LogP contribution < -0.4 is 9.47 Å². The summed E-state index contributed by atoms with van der Waals surface area (Å²) in [6.07, 6.45) is -8.10. The molecular formula is C21H16ClF4N5O2S. The van der Waals surface area contributed by atoms with Crippen LogP contribution in [0.2, 0.25) is 5.02 Å². The molecule has 0 aliphatic carbocycles. The Labute approximate surface area is 199 Å². The van der Waals surface area contributed by atoms with Gasteiger partial charge in [-0.05, 0) is 17.9 Å². The Bertz CT molecular complexity index is 1420. The van der Waals surface area contributed by atoms with Crippen molar-refractivity contribution in [2.24, 2.45) is 14.1 Å². The summed E-state index contributed by atoms with van der Waals surface area (Å²) in [7, 11) is 3.51. The van der Waals surface area contributed by atoms with Crippen LogP contribution in [0.15, 0.2) is 35.5 Å². The van der Waals surface area contributed by atoms with E-state index in [1.165, 1.54) is 24.0 Å². The third kappa shape index (κ3) is 3.47. The minimum absolute atomic E-state index is 0.255. The number of ether oxygens (including phenoxy) is 2. The number of fused-ring (bicyclic) bond motifs is 2. The van der Waals surface area contributed by atoms with Crippen LogP contribution in [0.4, 0.5) is 17.6 Å². The molecule has 0 saturated carbocycles. The van der Waals surface area contributed by atoms with E-state index in [1.54, 1.807) is 23.7 Å². The van der Waals surface area contributed by atoms with Crippen LogP contribution in [0.1, 0.15) is 6.92 Å². The Morgan fingerprint density at radius 2 is 1.65 bits per heavy atom. The SMILES string of the molecule is CCSc1c(-c2nc3cc4c(cc3n2C)OC(F)(F)C(F)(F)O4)nc(-c2ccc(Cl)cn2)n1C. The van der Waals surface area contributed by atoms with Crippen LogP contribution in [0.3, 0.4) is 0 Å². The Hall–Kier alpha value is -2.99. The van der Waals surface area contributed by atoms with Crippen LogP contribution >= 0.6 is 23.4 Å². The molecule has 0 radical (unpaired) electrons. The maximum absolute atomic E-state index is 13.7. The average molecular weight is 514 g/mol. The lowest BCUT2D eigenvalue weighted by Gasteiger charge is -2.31. The topological polar surface area (TPSA) is 67.0 Å². The standard InChI is InChI=1S/C21H16ClF4N5O2S/c1-4-34-19-16(29-17(31(19)3)11-6-5-10(22)9-27-11)18-28-12-7-14-15(8-13(12)30(18)2)33-21(25,26)20(23,24)32-14/h5-9H,4H2,1-3H3. The predicted octanol–water partition coefficient (Wildman–Crippen LogP) is 5.76. The van der Waals surface area contributed by atoms with Crippen molar-refractivity contribution in [2.45, 2.75) is 24.2 Å². The lowest BCUT2D eigenvalue weighted by molar-refractivity contribution is -0.391. The summed E-state index contributed by atoms with van der Waals surface area (Å²) >= 11 is 7.49. The van der Waals surface area contributed by atoms with E-state index in [2.05, 4.69) is 19.4 Å². The Balaban J connectivity index is 1.67. The summed E-state index contributed by atoms with van der Waals surface area (Å²) in [4.78, 5) is 13.6. The molecule has 0 N–H and O–H groups in total. The molecule has 13 heteroatoms. The molecule has 4 aromatic rings. The van der Waals surface area contributed by atoms with Crippen LogP contribution in [0, 0.1) is 0 Å². The second kappa shape index (κ2) is 7.77. The lowest BCUT2D eigenvalue weighted by atomic mass is 10.2. The third-order valence-corrected chi connectivity index (χ3v) is 6.51. The van der Waals surface area contributed by atoms with Gasteiger partial charge in [0.05, 0.1) is 16.1 Å². The number of hydrogen-bond acceptors (Lipinski definition) is 6. The zero-order valence-corrected chi connectivity index (χ0v) is 19.5. The second-order valence-corrected chi connectivity index (χ2v) is 9.15. The molecule has 0 amide bonds. The molecule has 178 valence electrons. The van der Waals surface area contributed by atoms with Crippen molar-refractivity contribution in [1.82, 2.24) is 24.1 Å². The van der Waals surface area contributed by atoms with Crippen molar-refractivity contribution >= 4 is 34.4 Å². The summed E-state index contributed by atoms with van der Waals surface area (Å²) in [5.74, 6) is 0.684. The predicted molar refractivity (Wildman–Crippen MR) is 119 cm³/mol. The molecule has 34 heavy (non-hydrogen) atoms. The van der Waals surface area contributed by atoms with Crippen molar-refractivity contribution < 1.29 is 27.0 Å². The highest BCUT2D eigenvalue weighted by Gasteiger charge is 2.66. The highest BCUT2D eigenvalue weighted by Crippen LogP contribution is 2.48. The minimum Gasteiger partial charge on any atom is -0.421 e. The summed E-state index contributed by atoms with van der Waals surface area (Å²) in [6, 6.07) is 5.79. The van der Waals surface area contributed by atoms with Gasteiger partial charge in [-0.15, -0.1) is 11.8 Å². The van der Waals surface area contributed by atoms with Crippen LogP contribution in [0.25, 0.3) is 34.1 Å². The van der Waals surface area contributed by atoms with Crippen molar-refractivity contribution in [3.8, 4) is 34.5 Å². The van der Waals surface area contributed by atoms with E-state index in [9.17, 15) is 17.6 Å². The number of thioether (sulfide) groups is 1. The van der Waals surface area contributed by atoms with Gasteiger partial charge in [-0.3, -0.25) is 4.98 Å². The number of benzene rings is 1. The molecule has 1 aromatic carbocycles. The van der Waals surface area contributed by atoms with Gasteiger partial charge in [-0.25, -0.2) is 9.97 Å². The maximum Gasteiger partial charge on any atom is 0.507 e. The molecular weight excluding hydrogens is 498 g/mol. The highest BCUT2D eigenvalue weighted by atomic mass is 35.5. The number of alkyl halides is 4. The number of aromatic nitrogens is 5. The fourth-order valence-electron chi connectivity index (χ4n) is 3.63. The molecule has 0 atom stereocenters. The van der Waals surface area contributed by atoms with Gasteiger partial charge in [-0.2, -0.15) is 17.6 Å². The zero-order valence-electron chi connectivity index (χ0n) is 17.9. The molecule has 1 aliphatic rings. The average Bonchev–Trinajstić information content (AvgIpc) is 3.25. The molecule has 3 aromatic heterocycles. The minimum atomic E-state index is -4.81. The number of pyridine rings is 1. The van der Waals surface area contributed by atoms with Crippen LogP contribution in [0.5, 0.6) is 11.5 Å². The van der Waals surface area contributed by atoms with Gasteiger partial charge in [0, 0.05) is 32.4 Å². The molecule has 7 nitrogen and oxygen atoms in total. The van der Waals surface area contributed by atoms with Gasteiger partial charge in [0.25, 0.3) is 0 Å². The number of halogens is 5. The molecule has 0 unspecified atom stereocenters. The highest BCUT2D eigenvalue weighted by molar-refractivity contribution is 7.99. The van der Waals surface area contributed by atoms with E-state index in [-0.39, 0.29) is 5.52 Å². The quantitative estimate of drug-likeness (QED) is 0.255. The van der Waals surface area contributed by atoms with Crippen molar-refractivity contribution in [1.29, 1.82) is 0 Å². The maximum atomic E-state index is 13.7. The van der Waals surface area contributed by atoms with E-state index in [1.807, 2.05) is 18.5 Å². The molecule has 0 bridgehead atoms. The van der Waals surface area contributed by atoms with Gasteiger partial charge in [0.15, 0.2) is 23.1 Å². The Morgan fingerprint density at radius 1 is 0.971 bits per heavy atom. The second-order valence-electron chi connectivity index (χ2n) is 7.46. The molecule has 1 aliphatic heterocycles. The first kappa shape index (κ1) is 22.8. The van der Waals surface area contributed by atoms with E-state index >= 15 is 0 Å². The number of hydrogen-bond donors (Lipinski definition) is 0. The van der Waals surface area contributed by atoms with E-state index in [0.29, 0.717) is 33.6 Å². The smallest absolute Gasteiger partial charge is 0.421 e. The molecule has 0 fully saturated rings. The number of aryl methyl sites for hydroxylation is 1. The summed E-state index contributed by atoms with van der Waals surface area (Å²) in [5, 5.41) is 1.28. The van der Waals surface area contributed by atoms with Gasteiger partial charge >= 0.3 is 12.2 Å². The molecule has 0 spiro atoms. The van der Waals surface area contributed by atoms with Crippen LogP contribution in [-0.4, -0.2) is 42.1 Å². The zero-order chi connectivity index (χ0) is 24.4. The van der Waals surface area contributed by atoms with E-state index in [4.69, 9.17) is 16.6 Å². The fourth-order valence-corrected chi connectivity index (χ4v) is 4.57. The lowest BCUT2D eigenvalue weighted by Crippen LogP contribution is -2.52. The fraction of sp³-hybridized carbons (Fsp3) is 0.286. The van der Waals surface area contributed by atoms with Crippen molar-refractivity contribution in [3.63, 3.8) is 0 Å². The summed E-state index contributed by atoms with van der Waals surface area (Å²) in [5.41, 5.74) is 1.75. The number of imidazole rings is 2.